The van der Waals surface area contributed by atoms with Crippen LogP contribution in [0.4, 0.5) is 0 Å². The summed E-state index contributed by atoms with van der Waals surface area (Å²) >= 11 is 5.58. The van der Waals surface area contributed by atoms with Gasteiger partial charge in [0.1, 0.15) is 5.88 Å². The summed E-state index contributed by atoms with van der Waals surface area (Å²) in [6.07, 6.45) is 0.818. The van der Waals surface area contributed by atoms with Gasteiger partial charge in [-0.3, -0.25) is 4.79 Å². The lowest BCUT2D eigenvalue weighted by molar-refractivity contribution is -0.129. The summed E-state index contributed by atoms with van der Waals surface area (Å²) < 4.78 is 10.5. The fraction of sp³-hybridized carbons (Fsp3) is 0.462. The van der Waals surface area contributed by atoms with Crippen LogP contribution >= 0.6 is 11.6 Å². The Balaban J connectivity index is 2.29. The molecule has 0 radical (unpaired) electrons. The minimum Gasteiger partial charge on any atom is -0.493 e. The number of amides is 1. The van der Waals surface area contributed by atoms with Crippen molar-refractivity contribution in [2.45, 2.75) is 13.0 Å². The third-order valence-corrected chi connectivity index (χ3v) is 3.41. The minimum atomic E-state index is -0.0305. The number of benzene rings is 1. The van der Waals surface area contributed by atoms with Crippen LogP contribution in [-0.2, 0) is 17.8 Å². The summed E-state index contributed by atoms with van der Waals surface area (Å²) in [5.41, 5.74) is 2.30. The lowest BCUT2D eigenvalue weighted by atomic mass is 9.99. The molecule has 0 spiro atoms. The third-order valence-electron chi connectivity index (χ3n) is 3.19. The van der Waals surface area contributed by atoms with Crippen LogP contribution in [0.3, 0.4) is 0 Å². The molecule has 0 unspecified atom stereocenters. The van der Waals surface area contributed by atoms with Crippen LogP contribution in [0.25, 0.3) is 0 Å². The Kier molecular flexibility index (Phi) is 3.97. The average Bonchev–Trinajstić information content (AvgIpc) is 2.44. The first-order chi connectivity index (χ1) is 8.69. The normalized spacial score (nSPS) is 14.1. The molecule has 0 atom stereocenters. The number of methoxy groups -OCH3 is 2. The minimum absolute atomic E-state index is 0.0304. The number of hydrogen-bond donors (Lipinski definition) is 0. The van der Waals surface area contributed by atoms with E-state index in [1.54, 1.807) is 19.1 Å². The highest BCUT2D eigenvalue weighted by Crippen LogP contribution is 2.33. The monoisotopic (exact) mass is 269 g/mol. The van der Waals surface area contributed by atoms with Gasteiger partial charge in [0.2, 0.25) is 5.91 Å². The van der Waals surface area contributed by atoms with Crippen molar-refractivity contribution >= 4 is 17.5 Å². The molecule has 1 heterocycles. The van der Waals surface area contributed by atoms with Gasteiger partial charge in [-0.05, 0) is 29.7 Å². The number of fused-ring (bicyclic) bond motifs is 1. The van der Waals surface area contributed by atoms with Gasteiger partial charge in [-0.2, -0.15) is 0 Å². The van der Waals surface area contributed by atoms with E-state index < -0.39 is 0 Å². The van der Waals surface area contributed by atoms with Crippen LogP contribution in [0, 0.1) is 0 Å². The molecule has 0 saturated heterocycles. The maximum Gasteiger partial charge on any atom is 0.237 e. The Labute approximate surface area is 111 Å². The molecule has 1 aliphatic rings. The second-order valence-corrected chi connectivity index (χ2v) is 4.44. The fourth-order valence-electron chi connectivity index (χ4n) is 2.18. The lowest BCUT2D eigenvalue weighted by Gasteiger charge is -2.29. The van der Waals surface area contributed by atoms with Gasteiger partial charge in [-0.15, -0.1) is 11.6 Å². The van der Waals surface area contributed by atoms with Gasteiger partial charge in [0, 0.05) is 13.1 Å². The molecule has 0 bridgehead atoms. The van der Waals surface area contributed by atoms with E-state index in [1.165, 1.54) is 5.56 Å². The van der Waals surface area contributed by atoms with Crippen LogP contribution in [0.2, 0.25) is 0 Å². The molecule has 1 aromatic rings. The molecule has 18 heavy (non-hydrogen) atoms. The van der Waals surface area contributed by atoms with Crippen molar-refractivity contribution in [2.24, 2.45) is 0 Å². The third kappa shape index (κ3) is 2.38. The van der Waals surface area contributed by atoms with Crippen molar-refractivity contribution in [3.05, 3.63) is 23.3 Å². The molecule has 0 aliphatic carbocycles. The zero-order valence-electron chi connectivity index (χ0n) is 10.5. The molecule has 2 rings (SSSR count). The van der Waals surface area contributed by atoms with Gasteiger partial charge in [0.15, 0.2) is 11.5 Å². The van der Waals surface area contributed by atoms with E-state index in [0.717, 1.165) is 17.7 Å². The molecule has 0 aromatic heterocycles. The van der Waals surface area contributed by atoms with E-state index in [1.807, 2.05) is 12.1 Å². The van der Waals surface area contributed by atoms with Crippen molar-refractivity contribution in [3.63, 3.8) is 0 Å². The van der Waals surface area contributed by atoms with Crippen molar-refractivity contribution in [1.29, 1.82) is 0 Å². The smallest absolute Gasteiger partial charge is 0.237 e. The SMILES string of the molecule is COc1cc2c(cc1OC)CN(C(=O)CCl)CC2. The van der Waals surface area contributed by atoms with E-state index in [4.69, 9.17) is 21.1 Å². The molecule has 1 amide bonds. The van der Waals surface area contributed by atoms with Gasteiger partial charge in [0.05, 0.1) is 14.2 Å². The standard InChI is InChI=1S/C13H16ClNO3/c1-17-11-5-9-3-4-15(13(16)7-14)8-10(9)6-12(11)18-2/h5-6H,3-4,7-8H2,1-2H3. The summed E-state index contributed by atoms with van der Waals surface area (Å²) in [7, 11) is 3.23. The number of nitrogens with zero attached hydrogens (tertiary/aromatic N) is 1. The van der Waals surface area contributed by atoms with E-state index >= 15 is 0 Å². The first-order valence-corrected chi connectivity index (χ1v) is 6.30. The highest BCUT2D eigenvalue weighted by Gasteiger charge is 2.22. The van der Waals surface area contributed by atoms with E-state index in [0.29, 0.717) is 18.8 Å². The summed E-state index contributed by atoms with van der Waals surface area (Å²) in [5.74, 6) is 1.42. The van der Waals surface area contributed by atoms with E-state index in [-0.39, 0.29) is 11.8 Å². The van der Waals surface area contributed by atoms with Crippen LogP contribution in [0.5, 0.6) is 11.5 Å². The Morgan fingerprint density at radius 3 is 2.44 bits per heavy atom. The molecular formula is C13H16ClNO3. The number of hydrogen-bond acceptors (Lipinski definition) is 3. The first-order valence-electron chi connectivity index (χ1n) is 5.77. The van der Waals surface area contributed by atoms with Crippen molar-refractivity contribution in [2.75, 3.05) is 26.6 Å². The number of halogens is 1. The van der Waals surface area contributed by atoms with Crippen LogP contribution in [-0.4, -0.2) is 37.5 Å². The van der Waals surface area contributed by atoms with Crippen LogP contribution in [0.15, 0.2) is 12.1 Å². The highest BCUT2D eigenvalue weighted by atomic mass is 35.5. The maximum atomic E-state index is 11.6. The summed E-state index contributed by atoms with van der Waals surface area (Å²) in [4.78, 5) is 13.4. The van der Waals surface area contributed by atoms with Crippen molar-refractivity contribution in [3.8, 4) is 11.5 Å². The number of ether oxygens (including phenoxy) is 2. The Morgan fingerprint density at radius 1 is 1.28 bits per heavy atom. The van der Waals surface area contributed by atoms with Gasteiger partial charge >= 0.3 is 0 Å². The zero-order chi connectivity index (χ0) is 13.1. The van der Waals surface area contributed by atoms with E-state index in [9.17, 15) is 4.79 Å². The number of carbonyl (C=O) groups is 1. The molecule has 4 nitrogen and oxygen atoms in total. The van der Waals surface area contributed by atoms with E-state index in [2.05, 4.69) is 0 Å². The largest absolute Gasteiger partial charge is 0.493 e. The maximum absolute atomic E-state index is 11.6. The number of carbonyl (C=O) groups excluding carboxylic acids is 1. The second-order valence-electron chi connectivity index (χ2n) is 4.17. The van der Waals surface area contributed by atoms with Crippen LogP contribution < -0.4 is 9.47 Å². The summed E-state index contributed by atoms with van der Waals surface area (Å²) in [6.45, 7) is 1.29. The van der Waals surface area contributed by atoms with Gasteiger partial charge in [-0.25, -0.2) is 0 Å². The second kappa shape index (κ2) is 5.48. The quantitative estimate of drug-likeness (QED) is 0.786. The molecule has 0 fully saturated rings. The molecule has 0 N–H and O–H groups in total. The van der Waals surface area contributed by atoms with Gasteiger partial charge in [-0.1, -0.05) is 0 Å². The number of rotatable bonds is 3. The molecule has 0 saturated carbocycles. The van der Waals surface area contributed by atoms with Gasteiger partial charge in [0.25, 0.3) is 0 Å². The summed E-state index contributed by atoms with van der Waals surface area (Å²) in [6, 6.07) is 3.92. The molecular weight excluding hydrogens is 254 g/mol. The first kappa shape index (κ1) is 13.0. The topological polar surface area (TPSA) is 38.8 Å². The Bertz CT molecular complexity index is 462. The zero-order valence-corrected chi connectivity index (χ0v) is 11.3. The average molecular weight is 270 g/mol. The van der Waals surface area contributed by atoms with Crippen LogP contribution in [0.1, 0.15) is 11.1 Å². The molecule has 5 heteroatoms. The highest BCUT2D eigenvalue weighted by molar-refractivity contribution is 6.27. The van der Waals surface area contributed by atoms with Crippen molar-refractivity contribution < 1.29 is 14.3 Å². The number of alkyl halides is 1. The lowest BCUT2D eigenvalue weighted by Crippen LogP contribution is -2.36. The van der Waals surface area contributed by atoms with Gasteiger partial charge < -0.3 is 14.4 Å². The van der Waals surface area contributed by atoms with Crippen molar-refractivity contribution in [1.82, 2.24) is 4.90 Å². The Hall–Kier alpha value is -1.42. The molecule has 1 aromatic carbocycles. The predicted octanol–water partition coefficient (Wildman–Crippen LogP) is 1.83. The summed E-state index contributed by atoms with van der Waals surface area (Å²) in [5, 5.41) is 0. The Morgan fingerprint density at radius 2 is 1.89 bits per heavy atom. The molecule has 98 valence electrons. The fourth-order valence-corrected chi connectivity index (χ4v) is 2.35. The predicted molar refractivity (Wildman–Crippen MR) is 69.4 cm³/mol. The molecule has 1 aliphatic heterocycles.